The van der Waals surface area contributed by atoms with Gasteiger partial charge in [0.15, 0.2) is 5.69 Å². The number of hydrogen-bond acceptors (Lipinski definition) is 13. The Hall–Kier alpha value is -5.80. The highest BCUT2D eigenvalue weighted by molar-refractivity contribution is 6.11. The number of nitrogens with zero attached hydrogens (tertiary/aromatic N) is 1. The van der Waals surface area contributed by atoms with Gasteiger partial charge in [0, 0.05) is 47.0 Å². The fraction of sp³-hybridized carbons (Fsp3) is 0.429. The zero-order chi connectivity index (χ0) is 40.9. The van der Waals surface area contributed by atoms with Crippen LogP contribution in [0.5, 0.6) is 5.75 Å². The predicted octanol–water partition coefficient (Wildman–Crippen LogP) is 7.57. The molecule has 1 unspecified atom stereocenters. The van der Waals surface area contributed by atoms with Gasteiger partial charge in [0.2, 0.25) is 6.29 Å². The second-order valence-corrected chi connectivity index (χ2v) is 14.1. The average molecular weight is 786 g/mol. The van der Waals surface area contributed by atoms with Crippen LogP contribution < -0.4 is 20.7 Å². The molecule has 0 bridgehead atoms. The van der Waals surface area contributed by atoms with Crippen LogP contribution in [0.3, 0.4) is 0 Å². The van der Waals surface area contributed by atoms with E-state index in [0.29, 0.717) is 40.9 Å². The molecule has 0 aliphatic heterocycles. The Morgan fingerprint density at radius 2 is 1.67 bits per heavy atom. The normalized spacial score (nSPS) is 14.5. The number of pyridine rings is 1. The van der Waals surface area contributed by atoms with Crippen LogP contribution in [0.25, 0.3) is 17.2 Å². The number of aromatic nitrogens is 1. The van der Waals surface area contributed by atoms with Gasteiger partial charge in [0.1, 0.15) is 17.7 Å². The summed E-state index contributed by atoms with van der Waals surface area (Å²) in [5.41, 5.74) is 2.19. The van der Waals surface area contributed by atoms with Crippen molar-refractivity contribution in [2.45, 2.75) is 90.8 Å². The number of anilines is 1. The van der Waals surface area contributed by atoms with E-state index in [1.165, 1.54) is 33.0 Å². The fourth-order valence-corrected chi connectivity index (χ4v) is 6.15. The maximum Gasteiger partial charge on any atom is 0.511 e. The molecule has 2 aliphatic rings. The molecule has 4 N–H and O–H groups in total. The van der Waals surface area contributed by atoms with Crippen LogP contribution in [0.2, 0.25) is 0 Å². The third kappa shape index (κ3) is 12.6. The Kier molecular flexibility index (Phi) is 15.1. The summed E-state index contributed by atoms with van der Waals surface area (Å²) in [6.45, 7) is 9.75. The maximum atomic E-state index is 14.1. The minimum Gasteiger partial charge on any atom is -0.496 e. The minimum atomic E-state index is -1.34. The molecule has 0 saturated heterocycles. The number of nitrogens with one attached hydrogen (secondary N) is 4. The standard InChI is InChI=1S/C42H51N5O10/c1-6-28-20-35(39(48)46-30-16-14-29(15-17-30)38(43)47-41(50)57-32-10-8-7-9-11-32)34(21-36(28)52-5)33-19-18-31(23-53-24-44-22-27-12-13-27)45-37(33)40(49)55-26(4)56-42(51)54-25(2)3/h6,14-21,25-27,32,44H,1,7-13,22-24H2,2-5H3,(H,46,48)(H2,43,47,50). The predicted molar refractivity (Wildman–Crippen MR) is 212 cm³/mol. The van der Waals surface area contributed by atoms with Gasteiger partial charge in [-0.2, -0.15) is 0 Å². The number of esters is 1. The molecule has 15 nitrogen and oxygen atoms in total. The largest absolute Gasteiger partial charge is 0.511 e. The number of benzene rings is 2. The van der Waals surface area contributed by atoms with Crippen molar-refractivity contribution >= 4 is 41.7 Å². The monoisotopic (exact) mass is 785 g/mol. The van der Waals surface area contributed by atoms with Crippen molar-refractivity contribution in [1.82, 2.24) is 15.6 Å². The summed E-state index contributed by atoms with van der Waals surface area (Å²) in [5.74, 6) is -0.584. The van der Waals surface area contributed by atoms with Gasteiger partial charge in [-0.1, -0.05) is 25.1 Å². The van der Waals surface area contributed by atoms with Crippen LogP contribution in [0.15, 0.2) is 55.1 Å². The molecule has 2 fully saturated rings. The molecule has 2 amide bonds. The molecule has 2 aliphatic carbocycles. The highest BCUT2D eigenvalue weighted by Gasteiger charge is 2.27. The highest BCUT2D eigenvalue weighted by Crippen LogP contribution is 2.35. The van der Waals surface area contributed by atoms with E-state index in [1.807, 2.05) is 0 Å². The molecule has 2 aromatic carbocycles. The lowest BCUT2D eigenvalue weighted by atomic mass is 9.94. The molecule has 2 saturated carbocycles. The smallest absolute Gasteiger partial charge is 0.496 e. The van der Waals surface area contributed by atoms with Crippen molar-refractivity contribution in [1.29, 1.82) is 5.41 Å². The van der Waals surface area contributed by atoms with E-state index in [9.17, 15) is 19.2 Å². The summed E-state index contributed by atoms with van der Waals surface area (Å²) in [5, 5.41) is 17.0. The van der Waals surface area contributed by atoms with Crippen molar-refractivity contribution in [2.75, 3.05) is 25.7 Å². The van der Waals surface area contributed by atoms with E-state index in [4.69, 9.17) is 33.8 Å². The van der Waals surface area contributed by atoms with Crippen LogP contribution >= 0.6 is 0 Å². The first-order valence-electron chi connectivity index (χ1n) is 19.1. The molecule has 1 heterocycles. The van der Waals surface area contributed by atoms with Gasteiger partial charge < -0.3 is 33.7 Å². The molecule has 304 valence electrons. The number of carbonyl (C=O) groups excluding carboxylic acids is 4. The summed E-state index contributed by atoms with van der Waals surface area (Å²) in [4.78, 5) is 57.0. The van der Waals surface area contributed by atoms with Crippen LogP contribution in [0.1, 0.15) is 103 Å². The molecule has 3 aromatic rings. The first kappa shape index (κ1) is 42.3. The van der Waals surface area contributed by atoms with E-state index < -0.39 is 36.5 Å². The van der Waals surface area contributed by atoms with Gasteiger partial charge in [0.05, 0.1) is 32.2 Å². The zero-order valence-electron chi connectivity index (χ0n) is 32.8. The molecule has 0 radical (unpaired) electrons. The maximum absolute atomic E-state index is 14.1. The van der Waals surface area contributed by atoms with Gasteiger partial charge in [-0.25, -0.2) is 19.4 Å². The van der Waals surface area contributed by atoms with Gasteiger partial charge in [-0.15, -0.1) is 0 Å². The molecule has 57 heavy (non-hydrogen) atoms. The Morgan fingerprint density at radius 3 is 2.33 bits per heavy atom. The van der Waals surface area contributed by atoms with Crippen LogP contribution in [0.4, 0.5) is 15.3 Å². The number of amides is 2. The van der Waals surface area contributed by atoms with Gasteiger partial charge in [-0.05, 0) is 101 Å². The summed E-state index contributed by atoms with van der Waals surface area (Å²) in [6.07, 6.45) is 5.06. The quantitative estimate of drug-likeness (QED) is 0.0262. The molecule has 1 aromatic heterocycles. The van der Waals surface area contributed by atoms with E-state index in [2.05, 4.69) is 27.5 Å². The highest BCUT2D eigenvalue weighted by atomic mass is 16.8. The number of hydrogen-bond donors (Lipinski definition) is 4. The molecule has 15 heteroatoms. The van der Waals surface area contributed by atoms with Crippen molar-refractivity contribution in [3.05, 3.63) is 83.2 Å². The SMILES string of the molecule is C=Cc1cc(C(=O)Nc2ccc(C(=N)NC(=O)OC3CCCCC3)cc2)c(-c2ccc(COCNCC3CC3)nc2C(=O)OC(C)OC(=O)OC(C)C)cc1OC. The van der Waals surface area contributed by atoms with Gasteiger partial charge in [0.25, 0.3) is 5.91 Å². The lowest BCUT2D eigenvalue weighted by molar-refractivity contribution is -0.0869. The lowest BCUT2D eigenvalue weighted by Crippen LogP contribution is -2.34. The van der Waals surface area contributed by atoms with Crippen LogP contribution in [-0.4, -0.2) is 73.8 Å². The molecule has 0 spiro atoms. The third-order valence-corrected chi connectivity index (χ3v) is 9.21. The van der Waals surface area contributed by atoms with Crippen molar-refractivity contribution in [2.24, 2.45) is 5.92 Å². The lowest BCUT2D eigenvalue weighted by Gasteiger charge is -2.22. The first-order valence-corrected chi connectivity index (χ1v) is 19.1. The van der Waals surface area contributed by atoms with Crippen LogP contribution in [-0.2, 0) is 30.3 Å². The van der Waals surface area contributed by atoms with Gasteiger partial charge >= 0.3 is 18.2 Å². The minimum absolute atomic E-state index is 0.0712. The molecule has 5 rings (SSSR count). The first-order chi connectivity index (χ1) is 27.4. The van der Waals surface area contributed by atoms with Crippen molar-refractivity contribution < 1.29 is 47.6 Å². The summed E-state index contributed by atoms with van der Waals surface area (Å²) < 4.78 is 32.5. The van der Waals surface area contributed by atoms with Crippen molar-refractivity contribution in [3.63, 3.8) is 0 Å². The number of amidine groups is 1. The Balaban J connectivity index is 1.39. The second-order valence-electron chi connectivity index (χ2n) is 14.1. The number of carbonyl (C=O) groups is 4. The average Bonchev–Trinajstić information content (AvgIpc) is 4.02. The summed E-state index contributed by atoms with van der Waals surface area (Å²) in [6, 6.07) is 12.8. The topological polar surface area (TPSA) is 196 Å². The molecule has 1 atom stereocenters. The molecular formula is C42H51N5O10. The number of alkyl carbamates (subject to hydrolysis) is 1. The Morgan fingerprint density at radius 1 is 0.930 bits per heavy atom. The second kappa shape index (κ2) is 20.4. The summed E-state index contributed by atoms with van der Waals surface area (Å²) in [7, 11) is 1.47. The van der Waals surface area contributed by atoms with Gasteiger partial charge in [-0.3, -0.25) is 20.8 Å². The number of ether oxygens (including phenoxy) is 6. The zero-order valence-corrected chi connectivity index (χ0v) is 32.8. The number of rotatable bonds is 17. The Labute approximate surface area is 332 Å². The number of methoxy groups -OCH3 is 1. The van der Waals surface area contributed by atoms with E-state index in [1.54, 1.807) is 62.4 Å². The van der Waals surface area contributed by atoms with E-state index >= 15 is 0 Å². The van der Waals surface area contributed by atoms with E-state index in [0.717, 1.165) is 38.6 Å². The van der Waals surface area contributed by atoms with Crippen LogP contribution in [0, 0.1) is 11.3 Å². The van der Waals surface area contributed by atoms with E-state index in [-0.39, 0.29) is 40.9 Å². The van der Waals surface area contributed by atoms with Crippen molar-refractivity contribution in [3.8, 4) is 16.9 Å². The third-order valence-electron chi connectivity index (χ3n) is 9.21. The Bertz CT molecular complexity index is 1920. The summed E-state index contributed by atoms with van der Waals surface area (Å²) >= 11 is 0. The molecular weight excluding hydrogens is 734 g/mol. The fourth-order valence-electron chi connectivity index (χ4n) is 6.15.